The zero-order valence-electron chi connectivity index (χ0n) is 27.8. The van der Waals surface area contributed by atoms with Gasteiger partial charge in [-0.3, -0.25) is 20.4 Å². The van der Waals surface area contributed by atoms with Crippen molar-refractivity contribution in [3.05, 3.63) is 0 Å². The fourth-order valence-corrected chi connectivity index (χ4v) is 5.60. The first-order valence-corrected chi connectivity index (χ1v) is 18.4. The van der Waals surface area contributed by atoms with Crippen molar-refractivity contribution in [2.75, 3.05) is 0 Å². The lowest BCUT2D eigenvalue weighted by Crippen LogP contribution is -2.41. The standard InChI is InChI=1S/C36H72N2O3/c1-3-5-7-9-10-11-12-13-14-15-16-17-21-24-28-32-35(40)37-38-36(41)33-29-25-22-19-18-20-23-27-31-34(39)30-26-8-6-4-2/h34,39H,3-33H2,1-2H3,(H,37,40)(H,38,41). The summed E-state index contributed by atoms with van der Waals surface area (Å²) in [5.41, 5.74) is 5.16. The van der Waals surface area contributed by atoms with E-state index in [1.807, 2.05) is 0 Å². The molecule has 0 aromatic heterocycles. The Hall–Kier alpha value is -1.10. The maximum atomic E-state index is 12.0. The van der Waals surface area contributed by atoms with Gasteiger partial charge in [-0.25, -0.2) is 0 Å². The van der Waals surface area contributed by atoms with Crippen molar-refractivity contribution >= 4 is 11.8 Å². The van der Waals surface area contributed by atoms with Crippen molar-refractivity contribution < 1.29 is 14.7 Å². The van der Waals surface area contributed by atoms with Gasteiger partial charge in [-0.15, -0.1) is 0 Å². The van der Waals surface area contributed by atoms with Crippen molar-refractivity contribution in [3.8, 4) is 0 Å². The van der Waals surface area contributed by atoms with E-state index in [1.54, 1.807) is 0 Å². The molecule has 41 heavy (non-hydrogen) atoms. The van der Waals surface area contributed by atoms with Crippen molar-refractivity contribution in [3.63, 3.8) is 0 Å². The van der Waals surface area contributed by atoms with Gasteiger partial charge in [0, 0.05) is 12.8 Å². The zero-order chi connectivity index (χ0) is 30.1. The summed E-state index contributed by atoms with van der Waals surface area (Å²) in [4.78, 5) is 23.9. The molecule has 2 amide bonds. The molecule has 1 atom stereocenters. The summed E-state index contributed by atoms with van der Waals surface area (Å²) in [5, 5.41) is 10.0. The number of hydrogen-bond acceptors (Lipinski definition) is 3. The lowest BCUT2D eigenvalue weighted by Gasteiger charge is -2.10. The van der Waals surface area contributed by atoms with Crippen LogP contribution >= 0.6 is 0 Å². The second-order valence-corrected chi connectivity index (χ2v) is 12.7. The van der Waals surface area contributed by atoms with Crippen LogP contribution in [0.1, 0.15) is 213 Å². The molecule has 0 aromatic carbocycles. The summed E-state index contributed by atoms with van der Waals surface area (Å²) in [6.07, 6.45) is 36.7. The molecule has 0 saturated heterocycles. The number of carbonyl (C=O) groups is 2. The molecule has 0 aromatic rings. The van der Waals surface area contributed by atoms with Crippen molar-refractivity contribution in [1.29, 1.82) is 0 Å². The first-order valence-electron chi connectivity index (χ1n) is 18.4. The third-order valence-electron chi connectivity index (χ3n) is 8.43. The van der Waals surface area contributed by atoms with Crippen LogP contribution in [-0.2, 0) is 9.59 Å². The second-order valence-electron chi connectivity index (χ2n) is 12.7. The van der Waals surface area contributed by atoms with Crippen LogP contribution in [0, 0.1) is 0 Å². The molecule has 0 rings (SSSR count). The molecule has 0 aliphatic rings. The summed E-state index contributed by atoms with van der Waals surface area (Å²) in [5.74, 6) is -0.153. The normalized spacial score (nSPS) is 12.0. The molecule has 0 saturated carbocycles. The number of rotatable bonds is 32. The molecule has 0 fully saturated rings. The van der Waals surface area contributed by atoms with Crippen LogP contribution in [0.15, 0.2) is 0 Å². The maximum absolute atomic E-state index is 12.0. The van der Waals surface area contributed by atoms with E-state index < -0.39 is 0 Å². The molecule has 244 valence electrons. The van der Waals surface area contributed by atoms with Crippen LogP contribution in [0.25, 0.3) is 0 Å². The van der Waals surface area contributed by atoms with Crippen LogP contribution in [0.3, 0.4) is 0 Å². The first-order chi connectivity index (χ1) is 20.1. The van der Waals surface area contributed by atoms with Gasteiger partial charge in [0.2, 0.25) is 11.8 Å². The highest BCUT2D eigenvalue weighted by molar-refractivity contribution is 5.81. The topological polar surface area (TPSA) is 78.4 Å². The Kier molecular flexibility index (Phi) is 32.5. The van der Waals surface area contributed by atoms with Crippen LogP contribution in [0.2, 0.25) is 0 Å². The number of aliphatic hydroxyl groups is 1. The summed E-state index contributed by atoms with van der Waals surface area (Å²) in [6.45, 7) is 4.49. The number of hydrogen-bond donors (Lipinski definition) is 3. The second kappa shape index (κ2) is 33.4. The van der Waals surface area contributed by atoms with Crippen molar-refractivity contribution in [2.45, 2.75) is 219 Å². The van der Waals surface area contributed by atoms with Gasteiger partial charge in [0.05, 0.1) is 6.10 Å². The van der Waals surface area contributed by atoms with E-state index in [9.17, 15) is 14.7 Å². The third-order valence-corrected chi connectivity index (χ3v) is 8.43. The predicted octanol–water partition coefficient (Wildman–Crippen LogP) is 10.6. The monoisotopic (exact) mass is 581 g/mol. The van der Waals surface area contributed by atoms with Crippen LogP contribution in [-0.4, -0.2) is 23.0 Å². The molecular formula is C36H72N2O3. The Bertz CT molecular complexity index is 555. The lowest BCUT2D eigenvalue weighted by molar-refractivity contribution is -0.129. The predicted molar refractivity (Wildman–Crippen MR) is 177 cm³/mol. The molecule has 0 heterocycles. The van der Waals surface area contributed by atoms with Gasteiger partial charge in [0.1, 0.15) is 0 Å². The Morgan fingerprint density at radius 2 is 0.659 bits per heavy atom. The number of unbranched alkanes of at least 4 members (excludes halogenated alkanes) is 24. The van der Waals surface area contributed by atoms with Gasteiger partial charge in [-0.05, 0) is 25.7 Å². The van der Waals surface area contributed by atoms with Gasteiger partial charge in [-0.1, -0.05) is 174 Å². The van der Waals surface area contributed by atoms with E-state index in [2.05, 4.69) is 24.7 Å². The lowest BCUT2D eigenvalue weighted by atomic mass is 10.0. The highest BCUT2D eigenvalue weighted by Gasteiger charge is 2.06. The van der Waals surface area contributed by atoms with E-state index in [4.69, 9.17) is 0 Å². The fourth-order valence-electron chi connectivity index (χ4n) is 5.60. The van der Waals surface area contributed by atoms with Gasteiger partial charge < -0.3 is 5.11 Å². The Labute approximate surface area is 256 Å². The van der Waals surface area contributed by atoms with Gasteiger partial charge in [0.25, 0.3) is 0 Å². The smallest absolute Gasteiger partial charge is 0.238 e. The van der Waals surface area contributed by atoms with Gasteiger partial charge in [-0.2, -0.15) is 0 Å². The van der Waals surface area contributed by atoms with Crippen molar-refractivity contribution in [1.82, 2.24) is 10.9 Å². The average Bonchev–Trinajstić information content (AvgIpc) is 2.97. The molecule has 0 bridgehead atoms. The number of carbonyl (C=O) groups excluding carboxylic acids is 2. The van der Waals surface area contributed by atoms with E-state index in [-0.39, 0.29) is 17.9 Å². The molecule has 0 spiro atoms. The first kappa shape index (κ1) is 39.9. The summed E-state index contributed by atoms with van der Waals surface area (Å²) < 4.78 is 0. The zero-order valence-corrected chi connectivity index (χ0v) is 27.8. The Morgan fingerprint density at radius 1 is 0.415 bits per heavy atom. The van der Waals surface area contributed by atoms with E-state index in [0.29, 0.717) is 12.8 Å². The van der Waals surface area contributed by atoms with E-state index in [0.717, 1.165) is 44.9 Å². The van der Waals surface area contributed by atoms with Gasteiger partial charge in [0.15, 0.2) is 0 Å². The molecule has 0 radical (unpaired) electrons. The number of hydrazine groups is 1. The summed E-state index contributed by atoms with van der Waals surface area (Å²) >= 11 is 0. The quantitative estimate of drug-likeness (QED) is 0.0547. The highest BCUT2D eigenvalue weighted by atomic mass is 16.3. The SMILES string of the molecule is CCCCCCCCCCCCCCCCCC(=O)NNC(=O)CCCCCCCCCCC(O)CCCCCC. The van der Waals surface area contributed by atoms with E-state index >= 15 is 0 Å². The molecule has 5 heteroatoms. The fraction of sp³-hybridized carbons (Fsp3) is 0.944. The van der Waals surface area contributed by atoms with Crippen LogP contribution in [0.4, 0.5) is 0 Å². The highest BCUT2D eigenvalue weighted by Crippen LogP contribution is 2.15. The molecule has 1 unspecified atom stereocenters. The number of amides is 2. The number of nitrogens with one attached hydrogen (secondary N) is 2. The average molecular weight is 581 g/mol. The molecule has 0 aliphatic heterocycles. The van der Waals surface area contributed by atoms with E-state index in [1.165, 1.54) is 141 Å². The molecule has 5 nitrogen and oxygen atoms in total. The molecule has 3 N–H and O–H groups in total. The van der Waals surface area contributed by atoms with Gasteiger partial charge >= 0.3 is 0 Å². The minimum atomic E-state index is -0.100. The van der Waals surface area contributed by atoms with Crippen LogP contribution in [0.5, 0.6) is 0 Å². The third kappa shape index (κ3) is 33.3. The maximum Gasteiger partial charge on any atom is 0.238 e. The Balaban J connectivity index is 3.32. The van der Waals surface area contributed by atoms with Crippen molar-refractivity contribution in [2.24, 2.45) is 0 Å². The minimum absolute atomic E-state index is 0.0722. The summed E-state index contributed by atoms with van der Waals surface area (Å²) in [7, 11) is 0. The minimum Gasteiger partial charge on any atom is -0.393 e. The largest absolute Gasteiger partial charge is 0.393 e. The van der Waals surface area contributed by atoms with Crippen LogP contribution < -0.4 is 10.9 Å². The summed E-state index contributed by atoms with van der Waals surface area (Å²) in [6, 6.07) is 0. The Morgan fingerprint density at radius 3 is 0.976 bits per heavy atom. The molecule has 0 aliphatic carbocycles. The molecular weight excluding hydrogens is 508 g/mol. The number of aliphatic hydroxyl groups excluding tert-OH is 1.